The van der Waals surface area contributed by atoms with Crippen molar-refractivity contribution in [3.63, 3.8) is 0 Å². The molecule has 0 aliphatic rings. The summed E-state index contributed by atoms with van der Waals surface area (Å²) in [6.07, 6.45) is 1.30. The number of hydrogen-bond donors (Lipinski definition) is 2. The molecule has 0 aliphatic carbocycles. The zero-order chi connectivity index (χ0) is 18.9. The Balaban J connectivity index is 2.03. The summed E-state index contributed by atoms with van der Waals surface area (Å²) in [5, 5.41) is 20.3. The highest BCUT2D eigenvalue weighted by atomic mass is 19.1. The molecule has 0 aromatic heterocycles. The molecule has 1 amide bonds. The zero-order valence-electron chi connectivity index (χ0n) is 13.6. The fourth-order valence-corrected chi connectivity index (χ4v) is 1.96. The summed E-state index contributed by atoms with van der Waals surface area (Å²) in [6, 6.07) is 13.5. The SMILES string of the molecule is N#C/C(=C\c1ccc(OCCC(=O)O)cc1)C(=O)Nc1ccc(F)cc1. The van der Waals surface area contributed by atoms with Gasteiger partial charge in [0.05, 0.1) is 13.0 Å². The van der Waals surface area contributed by atoms with E-state index in [4.69, 9.17) is 9.84 Å². The molecule has 0 fully saturated rings. The van der Waals surface area contributed by atoms with Crippen molar-refractivity contribution in [3.8, 4) is 11.8 Å². The molecule has 2 aromatic rings. The van der Waals surface area contributed by atoms with Crippen molar-refractivity contribution in [2.45, 2.75) is 6.42 Å². The number of carboxylic acids is 1. The fourth-order valence-electron chi connectivity index (χ4n) is 1.96. The van der Waals surface area contributed by atoms with Crippen molar-refractivity contribution >= 4 is 23.6 Å². The maximum absolute atomic E-state index is 12.9. The Labute approximate surface area is 149 Å². The Morgan fingerprint density at radius 3 is 2.38 bits per heavy atom. The maximum Gasteiger partial charge on any atom is 0.306 e. The Kier molecular flexibility index (Phi) is 6.46. The summed E-state index contributed by atoms with van der Waals surface area (Å²) in [5.74, 6) is -1.50. The van der Waals surface area contributed by atoms with Gasteiger partial charge in [-0.05, 0) is 48.0 Å². The van der Waals surface area contributed by atoms with E-state index in [0.29, 0.717) is 17.0 Å². The Morgan fingerprint density at radius 1 is 1.15 bits per heavy atom. The fraction of sp³-hybridized carbons (Fsp3) is 0.105. The topological polar surface area (TPSA) is 99.4 Å². The number of halogens is 1. The van der Waals surface area contributed by atoms with Gasteiger partial charge in [0.15, 0.2) is 0 Å². The van der Waals surface area contributed by atoms with Crippen molar-refractivity contribution in [3.05, 3.63) is 65.5 Å². The van der Waals surface area contributed by atoms with Crippen LogP contribution in [0.1, 0.15) is 12.0 Å². The number of carboxylic acid groups (broad SMARTS) is 1. The Morgan fingerprint density at radius 2 is 1.81 bits per heavy atom. The minimum absolute atomic E-state index is 0.0496. The number of amides is 1. The van der Waals surface area contributed by atoms with Crippen LogP contribution in [0, 0.1) is 17.1 Å². The van der Waals surface area contributed by atoms with Crippen LogP contribution in [0.15, 0.2) is 54.1 Å². The van der Waals surface area contributed by atoms with Gasteiger partial charge >= 0.3 is 5.97 Å². The predicted octanol–water partition coefficient (Wildman–Crippen LogP) is 3.22. The lowest BCUT2D eigenvalue weighted by atomic mass is 10.1. The molecule has 2 aromatic carbocycles. The van der Waals surface area contributed by atoms with Gasteiger partial charge in [-0.1, -0.05) is 12.1 Å². The van der Waals surface area contributed by atoms with Crippen LogP contribution >= 0.6 is 0 Å². The second-order valence-corrected chi connectivity index (χ2v) is 5.19. The molecule has 26 heavy (non-hydrogen) atoms. The molecule has 0 radical (unpaired) electrons. The Hall–Kier alpha value is -3.66. The molecule has 2 rings (SSSR count). The summed E-state index contributed by atoms with van der Waals surface area (Å²) >= 11 is 0. The quantitative estimate of drug-likeness (QED) is 0.587. The van der Waals surface area contributed by atoms with Crippen LogP contribution in [0.5, 0.6) is 5.75 Å². The highest BCUT2D eigenvalue weighted by Crippen LogP contribution is 2.16. The lowest BCUT2D eigenvalue weighted by Crippen LogP contribution is -2.13. The van der Waals surface area contributed by atoms with Crippen molar-refractivity contribution in [1.82, 2.24) is 0 Å². The zero-order valence-corrected chi connectivity index (χ0v) is 13.6. The first-order valence-corrected chi connectivity index (χ1v) is 7.61. The van der Waals surface area contributed by atoms with Gasteiger partial charge in [-0.25, -0.2) is 4.39 Å². The first-order valence-electron chi connectivity index (χ1n) is 7.61. The number of ether oxygens (including phenoxy) is 1. The molecular weight excluding hydrogens is 339 g/mol. The van der Waals surface area contributed by atoms with Crippen molar-refractivity contribution in [2.24, 2.45) is 0 Å². The lowest BCUT2D eigenvalue weighted by Gasteiger charge is -2.06. The number of carbonyl (C=O) groups is 2. The van der Waals surface area contributed by atoms with E-state index in [1.54, 1.807) is 24.3 Å². The van der Waals surface area contributed by atoms with Crippen LogP contribution in [0.3, 0.4) is 0 Å². The number of aliphatic carboxylic acids is 1. The van der Waals surface area contributed by atoms with E-state index in [9.17, 15) is 19.2 Å². The average Bonchev–Trinajstić information content (AvgIpc) is 2.62. The average molecular weight is 354 g/mol. The number of nitrogens with zero attached hydrogens (tertiary/aromatic N) is 1. The van der Waals surface area contributed by atoms with Gasteiger partial charge in [0.2, 0.25) is 0 Å². The van der Waals surface area contributed by atoms with Crippen LogP contribution in [0.25, 0.3) is 6.08 Å². The normalized spacial score (nSPS) is 10.7. The minimum atomic E-state index is -0.949. The molecule has 0 aliphatic heterocycles. The van der Waals surface area contributed by atoms with E-state index < -0.39 is 17.7 Å². The number of hydrogen-bond acceptors (Lipinski definition) is 4. The van der Waals surface area contributed by atoms with E-state index in [0.717, 1.165) is 0 Å². The third-order valence-electron chi connectivity index (χ3n) is 3.24. The molecule has 0 saturated heterocycles. The number of rotatable bonds is 7. The second kappa shape index (κ2) is 8.99. The molecule has 0 saturated carbocycles. The van der Waals surface area contributed by atoms with Crippen molar-refractivity contribution in [2.75, 3.05) is 11.9 Å². The first-order chi connectivity index (χ1) is 12.5. The lowest BCUT2D eigenvalue weighted by molar-refractivity contribution is -0.137. The molecule has 0 unspecified atom stereocenters. The first kappa shape index (κ1) is 18.7. The van der Waals surface area contributed by atoms with E-state index in [1.165, 1.54) is 30.3 Å². The van der Waals surface area contributed by atoms with Crippen LogP contribution in [0.2, 0.25) is 0 Å². The maximum atomic E-state index is 12.9. The summed E-state index contributed by atoms with van der Waals surface area (Å²) in [4.78, 5) is 22.6. The number of anilines is 1. The van der Waals surface area contributed by atoms with Gasteiger partial charge in [-0.3, -0.25) is 9.59 Å². The Bertz CT molecular complexity index is 853. The van der Waals surface area contributed by atoms with E-state index in [1.807, 2.05) is 6.07 Å². The van der Waals surface area contributed by atoms with Crippen LogP contribution in [-0.4, -0.2) is 23.6 Å². The van der Waals surface area contributed by atoms with Crippen LogP contribution in [-0.2, 0) is 9.59 Å². The number of benzene rings is 2. The van der Waals surface area contributed by atoms with E-state index in [-0.39, 0.29) is 18.6 Å². The molecule has 0 atom stereocenters. The molecule has 6 nitrogen and oxygen atoms in total. The predicted molar refractivity (Wildman–Crippen MR) is 92.8 cm³/mol. The summed E-state index contributed by atoms with van der Waals surface area (Å²) in [6.45, 7) is 0.0496. The molecule has 132 valence electrons. The summed E-state index contributed by atoms with van der Waals surface area (Å²) < 4.78 is 18.1. The van der Waals surface area contributed by atoms with Gasteiger partial charge in [-0.15, -0.1) is 0 Å². The molecule has 0 heterocycles. The van der Waals surface area contributed by atoms with E-state index >= 15 is 0 Å². The van der Waals surface area contributed by atoms with Gasteiger partial charge in [0, 0.05) is 5.69 Å². The van der Waals surface area contributed by atoms with Crippen LogP contribution in [0.4, 0.5) is 10.1 Å². The van der Waals surface area contributed by atoms with Gasteiger partial charge in [-0.2, -0.15) is 5.26 Å². The molecule has 7 heteroatoms. The van der Waals surface area contributed by atoms with Crippen molar-refractivity contribution < 1.29 is 23.8 Å². The van der Waals surface area contributed by atoms with Crippen molar-refractivity contribution in [1.29, 1.82) is 5.26 Å². The van der Waals surface area contributed by atoms with Gasteiger partial charge in [0.1, 0.15) is 23.2 Å². The highest BCUT2D eigenvalue weighted by Gasteiger charge is 2.09. The highest BCUT2D eigenvalue weighted by molar-refractivity contribution is 6.09. The number of nitrogens with one attached hydrogen (secondary N) is 1. The van der Waals surface area contributed by atoms with Gasteiger partial charge < -0.3 is 15.2 Å². The van der Waals surface area contributed by atoms with E-state index in [2.05, 4.69) is 5.32 Å². The standard InChI is InChI=1S/C19H15FN2O4/c20-15-3-5-16(6-4-15)22-19(25)14(12-21)11-13-1-7-17(8-2-13)26-10-9-18(23)24/h1-8,11H,9-10H2,(H,22,25)(H,23,24)/b14-11+. The monoisotopic (exact) mass is 354 g/mol. The molecule has 0 bridgehead atoms. The third-order valence-corrected chi connectivity index (χ3v) is 3.24. The third kappa shape index (κ3) is 5.76. The number of nitriles is 1. The van der Waals surface area contributed by atoms with Crippen LogP contribution < -0.4 is 10.1 Å². The smallest absolute Gasteiger partial charge is 0.306 e. The summed E-state index contributed by atoms with van der Waals surface area (Å²) in [7, 11) is 0. The second-order valence-electron chi connectivity index (χ2n) is 5.19. The number of carbonyl (C=O) groups excluding carboxylic acids is 1. The minimum Gasteiger partial charge on any atom is -0.493 e. The summed E-state index contributed by atoms with van der Waals surface area (Å²) in [5.41, 5.74) is 0.856. The molecular formula is C19H15FN2O4. The largest absolute Gasteiger partial charge is 0.493 e. The molecule has 2 N–H and O–H groups in total. The van der Waals surface area contributed by atoms with Gasteiger partial charge in [0.25, 0.3) is 5.91 Å². The molecule has 0 spiro atoms.